The van der Waals surface area contributed by atoms with Gasteiger partial charge in [0.25, 0.3) is 0 Å². The fraction of sp³-hybridized carbons (Fsp3) is 0.467. The fourth-order valence-electron chi connectivity index (χ4n) is 2.83. The molecule has 4 nitrogen and oxygen atoms in total. The van der Waals surface area contributed by atoms with E-state index < -0.39 is 0 Å². The molecular formula is C15H21N3O. The third kappa shape index (κ3) is 2.52. The Morgan fingerprint density at radius 1 is 1.47 bits per heavy atom. The van der Waals surface area contributed by atoms with Gasteiger partial charge in [-0.1, -0.05) is 18.2 Å². The molecule has 0 saturated carbocycles. The number of hydrogen-bond donors (Lipinski definition) is 2. The number of nitrogens with zero attached hydrogens (tertiary/aromatic N) is 1. The number of nitrogens with one attached hydrogen (secondary N) is 1. The van der Waals surface area contributed by atoms with Crippen LogP contribution in [0.2, 0.25) is 0 Å². The van der Waals surface area contributed by atoms with Crippen molar-refractivity contribution < 1.29 is 4.42 Å². The summed E-state index contributed by atoms with van der Waals surface area (Å²) < 4.78 is 5.58. The summed E-state index contributed by atoms with van der Waals surface area (Å²) in [5.41, 5.74) is 8.42. The molecule has 2 aromatic rings. The third-order valence-electron chi connectivity index (χ3n) is 4.08. The van der Waals surface area contributed by atoms with Crippen molar-refractivity contribution >= 4 is 11.0 Å². The average Bonchev–Trinajstić information content (AvgIpc) is 2.85. The van der Waals surface area contributed by atoms with E-state index in [1.54, 1.807) is 0 Å². The number of para-hydroxylation sites is 1. The highest BCUT2D eigenvalue weighted by molar-refractivity contribution is 5.81. The number of fused-ring (bicyclic) bond motifs is 1. The molecule has 0 spiro atoms. The lowest BCUT2D eigenvalue weighted by molar-refractivity contribution is 0.182. The van der Waals surface area contributed by atoms with Gasteiger partial charge in [-0.25, -0.2) is 0 Å². The normalized spacial score (nSPS) is 22.7. The minimum atomic E-state index is 0.0241. The standard InChI is InChI=1S/C15H21N3O/c1-18-7-6-17-9-11(18)8-14(16)13-10-19-15-5-3-2-4-12(13)15/h2-5,10-11,14,17H,6-9,16H2,1H3. The molecular weight excluding hydrogens is 238 g/mol. The molecule has 2 heterocycles. The summed E-state index contributed by atoms with van der Waals surface area (Å²) in [6.45, 7) is 3.17. The average molecular weight is 259 g/mol. The summed E-state index contributed by atoms with van der Waals surface area (Å²) in [5, 5.41) is 4.57. The van der Waals surface area contributed by atoms with E-state index >= 15 is 0 Å². The molecule has 4 heteroatoms. The molecule has 3 rings (SSSR count). The fourth-order valence-corrected chi connectivity index (χ4v) is 2.83. The second-order valence-corrected chi connectivity index (χ2v) is 5.37. The quantitative estimate of drug-likeness (QED) is 0.881. The number of nitrogens with two attached hydrogens (primary N) is 1. The van der Waals surface area contributed by atoms with E-state index in [2.05, 4.69) is 23.3 Å². The molecule has 1 aliphatic heterocycles. The highest BCUT2D eigenvalue weighted by Gasteiger charge is 2.23. The SMILES string of the molecule is CN1CCNCC1CC(N)c1coc2ccccc12. The Balaban J connectivity index is 1.78. The monoisotopic (exact) mass is 259 g/mol. The van der Waals surface area contributed by atoms with Crippen LogP contribution in [0.4, 0.5) is 0 Å². The van der Waals surface area contributed by atoms with E-state index in [-0.39, 0.29) is 6.04 Å². The lowest BCUT2D eigenvalue weighted by Crippen LogP contribution is -2.50. The van der Waals surface area contributed by atoms with Gasteiger partial charge in [0.05, 0.1) is 6.26 Å². The van der Waals surface area contributed by atoms with E-state index in [0.29, 0.717) is 6.04 Å². The number of hydrogen-bond acceptors (Lipinski definition) is 4. The van der Waals surface area contributed by atoms with Crippen molar-refractivity contribution in [2.75, 3.05) is 26.7 Å². The van der Waals surface area contributed by atoms with Crippen molar-refractivity contribution in [3.05, 3.63) is 36.1 Å². The molecule has 1 aromatic heterocycles. The van der Waals surface area contributed by atoms with Crippen molar-refractivity contribution in [2.45, 2.75) is 18.5 Å². The molecule has 1 aliphatic rings. The van der Waals surface area contributed by atoms with Gasteiger partial charge in [0.15, 0.2) is 0 Å². The smallest absolute Gasteiger partial charge is 0.134 e. The van der Waals surface area contributed by atoms with Crippen LogP contribution in [0.15, 0.2) is 34.9 Å². The summed E-state index contributed by atoms with van der Waals surface area (Å²) in [4.78, 5) is 2.39. The Morgan fingerprint density at radius 2 is 2.32 bits per heavy atom. The van der Waals surface area contributed by atoms with Crippen molar-refractivity contribution in [1.29, 1.82) is 0 Å². The van der Waals surface area contributed by atoms with Crippen LogP contribution >= 0.6 is 0 Å². The van der Waals surface area contributed by atoms with Gasteiger partial charge in [0, 0.05) is 42.7 Å². The zero-order valence-corrected chi connectivity index (χ0v) is 11.3. The lowest BCUT2D eigenvalue weighted by atomic mass is 9.98. The van der Waals surface area contributed by atoms with Crippen LogP contribution in [0.25, 0.3) is 11.0 Å². The number of rotatable bonds is 3. The molecule has 3 N–H and O–H groups in total. The number of likely N-dealkylation sites (N-methyl/N-ethyl adjacent to an activating group) is 1. The van der Waals surface area contributed by atoms with E-state index in [1.807, 2.05) is 24.5 Å². The Kier molecular flexibility index (Phi) is 3.55. The third-order valence-corrected chi connectivity index (χ3v) is 4.08. The van der Waals surface area contributed by atoms with E-state index in [1.165, 1.54) is 0 Å². The molecule has 2 atom stereocenters. The van der Waals surface area contributed by atoms with E-state index in [9.17, 15) is 0 Å². The molecule has 0 radical (unpaired) electrons. The molecule has 0 bridgehead atoms. The zero-order valence-electron chi connectivity index (χ0n) is 11.3. The maximum atomic E-state index is 6.38. The van der Waals surface area contributed by atoms with Crippen molar-refractivity contribution in [1.82, 2.24) is 10.2 Å². The van der Waals surface area contributed by atoms with Gasteiger partial charge in [0.1, 0.15) is 5.58 Å². The van der Waals surface area contributed by atoms with Crippen LogP contribution < -0.4 is 11.1 Å². The summed E-state index contributed by atoms with van der Waals surface area (Å²) >= 11 is 0. The first-order chi connectivity index (χ1) is 9.25. The minimum Gasteiger partial charge on any atom is -0.464 e. The lowest BCUT2D eigenvalue weighted by Gasteiger charge is -2.34. The van der Waals surface area contributed by atoms with Gasteiger partial charge >= 0.3 is 0 Å². The Hall–Kier alpha value is -1.36. The zero-order chi connectivity index (χ0) is 13.2. The topological polar surface area (TPSA) is 54.4 Å². The van der Waals surface area contributed by atoms with Crippen LogP contribution in [0, 0.1) is 0 Å². The van der Waals surface area contributed by atoms with Gasteiger partial charge in [-0.15, -0.1) is 0 Å². The van der Waals surface area contributed by atoms with Gasteiger partial charge in [0.2, 0.25) is 0 Å². The predicted molar refractivity (Wildman–Crippen MR) is 77.0 cm³/mol. The number of furan rings is 1. The van der Waals surface area contributed by atoms with Crippen LogP contribution in [-0.2, 0) is 0 Å². The molecule has 0 amide bonds. The van der Waals surface area contributed by atoms with Crippen molar-refractivity contribution in [3.8, 4) is 0 Å². The Morgan fingerprint density at radius 3 is 3.16 bits per heavy atom. The molecule has 19 heavy (non-hydrogen) atoms. The summed E-state index contributed by atoms with van der Waals surface area (Å²) in [6, 6.07) is 8.60. The molecule has 1 saturated heterocycles. The van der Waals surface area contributed by atoms with Gasteiger partial charge in [-0.2, -0.15) is 0 Å². The van der Waals surface area contributed by atoms with Gasteiger partial charge < -0.3 is 20.4 Å². The van der Waals surface area contributed by atoms with E-state index in [0.717, 1.165) is 42.6 Å². The van der Waals surface area contributed by atoms with Crippen LogP contribution in [-0.4, -0.2) is 37.6 Å². The van der Waals surface area contributed by atoms with Crippen LogP contribution in [0.1, 0.15) is 18.0 Å². The molecule has 0 aliphatic carbocycles. The van der Waals surface area contributed by atoms with Crippen LogP contribution in [0.5, 0.6) is 0 Å². The Bertz CT molecular complexity index is 551. The van der Waals surface area contributed by atoms with Gasteiger partial charge in [-0.3, -0.25) is 0 Å². The molecule has 102 valence electrons. The highest BCUT2D eigenvalue weighted by atomic mass is 16.3. The first-order valence-corrected chi connectivity index (χ1v) is 6.88. The van der Waals surface area contributed by atoms with E-state index in [4.69, 9.17) is 10.2 Å². The summed E-state index contributed by atoms with van der Waals surface area (Å²) in [6.07, 6.45) is 2.76. The number of benzene rings is 1. The maximum Gasteiger partial charge on any atom is 0.134 e. The molecule has 2 unspecified atom stereocenters. The molecule has 1 fully saturated rings. The maximum absolute atomic E-state index is 6.38. The van der Waals surface area contributed by atoms with Crippen molar-refractivity contribution in [2.24, 2.45) is 5.73 Å². The molecule has 1 aromatic carbocycles. The largest absolute Gasteiger partial charge is 0.464 e. The second-order valence-electron chi connectivity index (χ2n) is 5.37. The number of piperazine rings is 1. The highest BCUT2D eigenvalue weighted by Crippen LogP contribution is 2.28. The first-order valence-electron chi connectivity index (χ1n) is 6.88. The minimum absolute atomic E-state index is 0.0241. The summed E-state index contributed by atoms with van der Waals surface area (Å²) in [7, 11) is 2.17. The Labute approximate surface area is 113 Å². The van der Waals surface area contributed by atoms with Crippen LogP contribution in [0.3, 0.4) is 0 Å². The predicted octanol–water partition coefficient (Wildman–Crippen LogP) is 1.73. The van der Waals surface area contributed by atoms with Gasteiger partial charge in [-0.05, 0) is 19.5 Å². The summed E-state index contributed by atoms with van der Waals surface area (Å²) in [5.74, 6) is 0. The second kappa shape index (κ2) is 5.33. The van der Waals surface area contributed by atoms with Crippen molar-refractivity contribution in [3.63, 3.8) is 0 Å². The first kappa shape index (κ1) is 12.7.